The molecular formula is C12H11F3O3. The van der Waals surface area contributed by atoms with Crippen molar-refractivity contribution in [2.24, 2.45) is 0 Å². The number of halogens is 3. The van der Waals surface area contributed by atoms with E-state index in [9.17, 15) is 18.0 Å². The van der Waals surface area contributed by atoms with Crippen LogP contribution in [-0.4, -0.2) is 20.2 Å². The highest BCUT2D eigenvalue weighted by Crippen LogP contribution is 2.32. The molecular weight excluding hydrogens is 249 g/mol. The second kappa shape index (κ2) is 5.57. The normalized spacial score (nSPS) is 11.6. The number of ether oxygens (including phenoxy) is 2. The van der Waals surface area contributed by atoms with Crippen LogP contribution < -0.4 is 4.74 Å². The number of carbonyl (C=O) groups is 1. The minimum atomic E-state index is -4.47. The molecule has 18 heavy (non-hydrogen) atoms. The fraction of sp³-hybridized carbons (Fsp3) is 0.250. The summed E-state index contributed by atoms with van der Waals surface area (Å²) < 4.78 is 46.9. The zero-order valence-electron chi connectivity index (χ0n) is 9.75. The van der Waals surface area contributed by atoms with Gasteiger partial charge in [-0.15, -0.1) is 0 Å². The maximum Gasteiger partial charge on any atom is 0.416 e. The fourth-order valence-corrected chi connectivity index (χ4v) is 1.23. The van der Waals surface area contributed by atoms with Gasteiger partial charge in [-0.2, -0.15) is 13.2 Å². The molecule has 0 N–H and O–H groups in total. The maximum atomic E-state index is 12.6. The average molecular weight is 260 g/mol. The van der Waals surface area contributed by atoms with Crippen LogP contribution in [0.4, 0.5) is 13.2 Å². The molecule has 98 valence electrons. The van der Waals surface area contributed by atoms with Crippen molar-refractivity contribution in [2.75, 3.05) is 14.2 Å². The second-order valence-corrected chi connectivity index (χ2v) is 3.35. The molecule has 0 amide bonds. The van der Waals surface area contributed by atoms with Gasteiger partial charge in [0.05, 0.1) is 19.8 Å². The number of hydrogen-bond donors (Lipinski definition) is 0. The summed E-state index contributed by atoms with van der Waals surface area (Å²) in [5.41, 5.74) is -0.640. The summed E-state index contributed by atoms with van der Waals surface area (Å²) in [6.45, 7) is 0. The molecule has 0 saturated carbocycles. The van der Waals surface area contributed by atoms with Gasteiger partial charge in [0, 0.05) is 6.08 Å². The van der Waals surface area contributed by atoms with E-state index in [4.69, 9.17) is 4.74 Å². The second-order valence-electron chi connectivity index (χ2n) is 3.35. The summed E-state index contributed by atoms with van der Waals surface area (Å²) in [5, 5.41) is 0. The number of benzene rings is 1. The highest BCUT2D eigenvalue weighted by molar-refractivity contribution is 5.87. The maximum absolute atomic E-state index is 12.6. The predicted molar refractivity (Wildman–Crippen MR) is 59.0 cm³/mol. The van der Waals surface area contributed by atoms with Crippen molar-refractivity contribution in [1.82, 2.24) is 0 Å². The van der Waals surface area contributed by atoms with Crippen LogP contribution in [0, 0.1) is 0 Å². The Hall–Kier alpha value is -1.98. The largest absolute Gasteiger partial charge is 0.497 e. The van der Waals surface area contributed by atoms with Gasteiger partial charge in [0.2, 0.25) is 0 Å². The van der Waals surface area contributed by atoms with Gasteiger partial charge in [0.15, 0.2) is 0 Å². The number of esters is 1. The monoisotopic (exact) mass is 260 g/mol. The van der Waals surface area contributed by atoms with Gasteiger partial charge < -0.3 is 9.47 Å². The van der Waals surface area contributed by atoms with Gasteiger partial charge in [-0.25, -0.2) is 4.79 Å². The number of methoxy groups -OCH3 is 2. The first-order valence-corrected chi connectivity index (χ1v) is 4.89. The SMILES string of the molecule is COC(=O)C=Cc1cc(OC)cc(C(F)(F)F)c1. The van der Waals surface area contributed by atoms with E-state index in [0.717, 1.165) is 18.2 Å². The molecule has 0 unspecified atom stereocenters. The smallest absolute Gasteiger partial charge is 0.416 e. The zero-order valence-corrected chi connectivity index (χ0v) is 9.75. The molecule has 0 heterocycles. The van der Waals surface area contributed by atoms with Gasteiger partial charge >= 0.3 is 12.1 Å². The van der Waals surface area contributed by atoms with Crippen molar-refractivity contribution in [3.63, 3.8) is 0 Å². The third kappa shape index (κ3) is 3.80. The minimum absolute atomic E-state index is 0.0642. The number of alkyl halides is 3. The van der Waals surface area contributed by atoms with Crippen LogP contribution >= 0.6 is 0 Å². The first kappa shape index (κ1) is 14.1. The van der Waals surface area contributed by atoms with Gasteiger partial charge in [0.1, 0.15) is 5.75 Å². The van der Waals surface area contributed by atoms with E-state index in [0.29, 0.717) is 0 Å². The lowest BCUT2D eigenvalue weighted by atomic mass is 10.1. The van der Waals surface area contributed by atoms with E-state index in [1.807, 2.05) is 0 Å². The molecule has 0 aliphatic rings. The van der Waals surface area contributed by atoms with E-state index in [1.165, 1.54) is 26.4 Å². The molecule has 6 heteroatoms. The van der Waals surface area contributed by atoms with Crippen molar-refractivity contribution in [1.29, 1.82) is 0 Å². The summed E-state index contributed by atoms with van der Waals surface area (Å²) in [6, 6.07) is 3.19. The Labute approximate surface area is 102 Å². The summed E-state index contributed by atoms with van der Waals surface area (Å²) in [4.78, 5) is 10.9. The molecule has 0 radical (unpaired) electrons. The molecule has 3 nitrogen and oxygen atoms in total. The first-order valence-electron chi connectivity index (χ1n) is 4.89. The van der Waals surface area contributed by atoms with E-state index < -0.39 is 17.7 Å². The van der Waals surface area contributed by atoms with Crippen LogP contribution in [0.3, 0.4) is 0 Å². The Kier molecular flexibility index (Phi) is 4.36. The van der Waals surface area contributed by atoms with Crippen LogP contribution in [0.2, 0.25) is 0 Å². The Morgan fingerprint density at radius 3 is 2.39 bits per heavy atom. The highest BCUT2D eigenvalue weighted by atomic mass is 19.4. The van der Waals surface area contributed by atoms with Crippen LogP contribution in [0.1, 0.15) is 11.1 Å². The standard InChI is InChI=1S/C12H11F3O3/c1-17-10-6-8(3-4-11(16)18-2)5-9(7-10)12(13,14)15/h3-7H,1-2H3. The van der Waals surface area contributed by atoms with Crippen molar-refractivity contribution in [3.05, 3.63) is 35.4 Å². The molecule has 0 spiro atoms. The topological polar surface area (TPSA) is 35.5 Å². The van der Waals surface area contributed by atoms with E-state index >= 15 is 0 Å². The Balaban J connectivity index is 3.13. The van der Waals surface area contributed by atoms with Crippen molar-refractivity contribution in [2.45, 2.75) is 6.18 Å². The molecule has 0 saturated heterocycles. The Bertz CT molecular complexity index is 464. The lowest BCUT2D eigenvalue weighted by Crippen LogP contribution is -2.05. The molecule has 0 aliphatic carbocycles. The summed E-state index contributed by atoms with van der Waals surface area (Å²) in [7, 11) is 2.45. The summed E-state index contributed by atoms with van der Waals surface area (Å²) >= 11 is 0. The summed E-state index contributed by atoms with van der Waals surface area (Å²) in [6.07, 6.45) is -2.21. The number of hydrogen-bond acceptors (Lipinski definition) is 3. The average Bonchev–Trinajstić information content (AvgIpc) is 2.34. The Morgan fingerprint density at radius 1 is 1.22 bits per heavy atom. The number of carbonyl (C=O) groups excluding carboxylic acids is 1. The van der Waals surface area contributed by atoms with Crippen LogP contribution in [-0.2, 0) is 15.7 Å². The van der Waals surface area contributed by atoms with Crippen molar-refractivity contribution in [3.8, 4) is 5.75 Å². The van der Waals surface area contributed by atoms with Gasteiger partial charge in [0.25, 0.3) is 0 Å². The van der Waals surface area contributed by atoms with E-state index in [2.05, 4.69) is 4.74 Å². The molecule has 1 rings (SSSR count). The minimum Gasteiger partial charge on any atom is -0.497 e. The van der Waals surface area contributed by atoms with Crippen molar-refractivity contribution < 1.29 is 27.4 Å². The first-order chi connectivity index (χ1) is 8.36. The van der Waals surface area contributed by atoms with E-state index in [1.54, 1.807) is 0 Å². The molecule has 0 aromatic heterocycles. The molecule has 1 aromatic rings. The third-order valence-corrected chi connectivity index (χ3v) is 2.10. The predicted octanol–water partition coefficient (Wildman–Crippen LogP) is 2.90. The molecule has 1 aromatic carbocycles. The molecule has 0 aliphatic heterocycles. The molecule has 0 bridgehead atoms. The lowest BCUT2D eigenvalue weighted by Gasteiger charge is -2.09. The van der Waals surface area contributed by atoms with E-state index in [-0.39, 0.29) is 11.3 Å². The van der Waals surface area contributed by atoms with Crippen molar-refractivity contribution >= 4 is 12.0 Å². The molecule has 0 atom stereocenters. The third-order valence-electron chi connectivity index (χ3n) is 2.10. The van der Waals surface area contributed by atoms with Crippen LogP contribution in [0.5, 0.6) is 5.75 Å². The van der Waals surface area contributed by atoms with Gasteiger partial charge in [-0.3, -0.25) is 0 Å². The fourth-order valence-electron chi connectivity index (χ4n) is 1.23. The van der Waals surface area contributed by atoms with Gasteiger partial charge in [-0.05, 0) is 29.8 Å². The lowest BCUT2D eigenvalue weighted by molar-refractivity contribution is -0.137. The van der Waals surface area contributed by atoms with Crippen LogP contribution in [0.25, 0.3) is 6.08 Å². The zero-order chi connectivity index (χ0) is 13.8. The quantitative estimate of drug-likeness (QED) is 0.619. The van der Waals surface area contributed by atoms with Crippen LogP contribution in [0.15, 0.2) is 24.3 Å². The Morgan fingerprint density at radius 2 is 1.89 bits per heavy atom. The summed E-state index contributed by atoms with van der Waals surface area (Å²) in [5.74, 6) is -0.583. The van der Waals surface area contributed by atoms with Gasteiger partial charge in [-0.1, -0.05) is 0 Å². The molecule has 0 fully saturated rings. The number of rotatable bonds is 3. The highest BCUT2D eigenvalue weighted by Gasteiger charge is 2.31.